The molecule has 0 atom stereocenters. The van der Waals surface area contributed by atoms with E-state index in [1.54, 1.807) is 4.31 Å². The van der Waals surface area contributed by atoms with Crippen LogP contribution in [0.15, 0.2) is 23.1 Å². The van der Waals surface area contributed by atoms with Gasteiger partial charge in [0.05, 0.1) is 4.90 Å². The van der Waals surface area contributed by atoms with E-state index < -0.39 is 10.0 Å². The first-order valence-electron chi connectivity index (χ1n) is 8.50. The Labute approximate surface area is 133 Å². The van der Waals surface area contributed by atoms with Crippen LogP contribution >= 0.6 is 0 Å². The summed E-state index contributed by atoms with van der Waals surface area (Å²) in [5.41, 5.74) is 2.58. The molecule has 0 N–H and O–H groups in total. The zero-order valence-corrected chi connectivity index (χ0v) is 13.8. The molecule has 3 aliphatic rings. The Kier molecular flexibility index (Phi) is 3.75. The highest BCUT2D eigenvalue weighted by molar-refractivity contribution is 7.89. The molecule has 2 fully saturated rings. The van der Waals surface area contributed by atoms with Gasteiger partial charge in [0.1, 0.15) is 0 Å². The maximum absolute atomic E-state index is 12.8. The Balaban J connectivity index is 1.49. The van der Waals surface area contributed by atoms with E-state index in [0.29, 0.717) is 24.0 Å². The number of nitrogens with zero attached hydrogens (tertiary/aromatic N) is 2. The van der Waals surface area contributed by atoms with Gasteiger partial charge in [0.2, 0.25) is 10.0 Å². The summed E-state index contributed by atoms with van der Waals surface area (Å²) in [4.78, 5) is 2.94. The monoisotopic (exact) mass is 320 g/mol. The summed E-state index contributed by atoms with van der Waals surface area (Å²) < 4.78 is 27.2. The molecule has 0 saturated carbocycles. The first-order chi connectivity index (χ1) is 10.6. The van der Waals surface area contributed by atoms with E-state index in [1.807, 2.05) is 18.2 Å². The lowest BCUT2D eigenvalue weighted by atomic mass is 9.92. The van der Waals surface area contributed by atoms with Crippen molar-refractivity contribution in [1.82, 2.24) is 9.21 Å². The van der Waals surface area contributed by atoms with Crippen LogP contribution in [0.1, 0.15) is 36.8 Å². The molecule has 1 aromatic rings. The van der Waals surface area contributed by atoms with Crippen molar-refractivity contribution in [3.63, 3.8) is 0 Å². The Morgan fingerprint density at radius 2 is 1.59 bits per heavy atom. The van der Waals surface area contributed by atoms with Crippen molar-refractivity contribution in [2.45, 2.75) is 49.5 Å². The van der Waals surface area contributed by atoms with Crippen molar-refractivity contribution in [1.29, 1.82) is 0 Å². The standard InChI is InChI=1S/C17H24N2O2S/c20-22(21,19-12-16(13-19)18-9-3-4-10-18)17-8-7-14-5-1-2-6-15(14)11-17/h7-8,11,16H,1-6,9-10,12-13H2. The number of hydrogen-bond donors (Lipinski definition) is 0. The average molecular weight is 320 g/mol. The fraction of sp³-hybridized carbons (Fsp3) is 0.647. The molecular formula is C17H24N2O2S. The highest BCUT2D eigenvalue weighted by atomic mass is 32.2. The van der Waals surface area contributed by atoms with Crippen molar-refractivity contribution in [2.24, 2.45) is 0 Å². The molecule has 0 unspecified atom stereocenters. The minimum absolute atomic E-state index is 0.440. The van der Waals surface area contributed by atoms with Crippen LogP contribution in [-0.2, 0) is 22.9 Å². The highest BCUT2D eigenvalue weighted by Gasteiger charge is 2.40. The highest BCUT2D eigenvalue weighted by Crippen LogP contribution is 2.29. The van der Waals surface area contributed by atoms with Gasteiger partial charge in [0.25, 0.3) is 0 Å². The second-order valence-corrected chi connectivity index (χ2v) is 8.79. The van der Waals surface area contributed by atoms with Gasteiger partial charge in [-0.05, 0) is 74.9 Å². The second-order valence-electron chi connectivity index (χ2n) is 6.86. The minimum atomic E-state index is -3.29. The lowest BCUT2D eigenvalue weighted by Crippen LogP contribution is -2.60. The number of benzene rings is 1. The summed E-state index contributed by atoms with van der Waals surface area (Å²) in [7, 11) is -3.29. The number of sulfonamides is 1. The number of aryl methyl sites for hydroxylation is 2. The fourth-order valence-corrected chi connectivity index (χ4v) is 5.54. The zero-order valence-electron chi connectivity index (χ0n) is 13.0. The molecule has 4 nitrogen and oxygen atoms in total. The average Bonchev–Trinajstić information content (AvgIpc) is 2.99. The van der Waals surface area contributed by atoms with Gasteiger partial charge in [-0.3, -0.25) is 4.90 Å². The Morgan fingerprint density at radius 3 is 2.32 bits per heavy atom. The quantitative estimate of drug-likeness (QED) is 0.856. The molecule has 4 rings (SSSR count). The summed E-state index contributed by atoms with van der Waals surface area (Å²) in [5.74, 6) is 0. The van der Waals surface area contributed by atoms with Crippen LogP contribution in [0.25, 0.3) is 0 Å². The third-order valence-corrected chi connectivity index (χ3v) is 7.27. The van der Waals surface area contributed by atoms with Gasteiger partial charge in [-0.1, -0.05) is 6.07 Å². The molecule has 120 valence electrons. The van der Waals surface area contributed by atoms with E-state index in [4.69, 9.17) is 0 Å². The van der Waals surface area contributed by atoms with Gasteiger partial charge >= 0.3 is 0 Å². The van der Waals surface area contributed by atoms with Crippen LogP contribution in [0.4, 0.5) is 0 Å². The molecular weight excluding hydrogens is 296 g/mol. The molecule has 5 heteroatoms. The topological polar surface area (TPSA) is 40.6 Å². The SMILES string of the molecule is O=S(=O)(c1ccc2c(c1)CCCC2)N1CC(N2CCCC2)C1. The number of hydrogen-bond acceptors (Lipinski definition) is 3. The predicted molar refractivity (Wildman–Crippen MR) is 86.4 cm³/mol. The molecule has 22 heavy (non-hydrogen) atoms. The minimum Gasteiger partial charge on any atom is -0.298 e. The smallest absolute Gasteiger partial charge is 0.243 e. The van der Waals surface area contributed by atoms with Crippen molar-refractivity contribution in [3.05, 3.63) is 29.3 Å². The van der Waals surface area contributed by atoms with Crippen molar-refractivity contribution < 1.29 is 8.42 Å². The first kappa shape index (κ1) is 14.7. The van der Waals surface area contributed by atoms with E-state index in [2.05, 4.69) is 4.90 Å². The van der Waals surface area contributed by atoms with Crippen molar-refractivity contribution in [2.75, 3.05) is 26.2 Å². The first-order valence-corrected chi connectivity index (χ1v) is 9.94. The molecule has 1 aromatic carbocycles. The third kappa shape index (κ3) is 2.49. The van der Waals surface area contributed by atoms with Crippen LogP contribution in [0, 0.1) is 0 Å². The fourth-order valence-electron chi connectivity index (χ4n) is 3.97. The lowest BCUT2D eigenvalue weighted by Gasteiger charge is -2.43. The Bertz CT molecular complexity index is 659. The maximum Gasteiger partial charge on any atom is 0.243 e. The normalized spacial score (nSPS) is 24.2. The van der Waals surface area contributed by atoms with Gasteiger partial charge in [-0.25, -0.2) is 8.42 Å². The predicted octanol–water partition coefficient (Wildman–Crippen LogP) is 2.03. The van der Waals surface area contributed by atoms with E-state index in [-0.39, 0.29) is 0 Å². The molecule has 2 saturated heterocycles. The van der Waals surface area contributed by atoms with E-state index in [1.165, 1.54) is 36.8 Å². The summed E-state index contributed by atoms with van der Waals surface area (Å²) in [5, 5.41) is 0. The maximum atomic E-state index is 12.8. The molecule has 0 amide bonds. The third-order valence-electron chi connectivity index (χ3n) is 5.44. The van der Waals surface area contributed by atoms with E-state index >= 15 is 0 Å². The molecule has 0 radical (unpaired) electrons. The number of likely N-dealkylation sites (tertiary alicyclic amines) is 1. The zero-order chi connectivity index (χ0) is 15.2. The summed E-state index contributed by atoms with van der Waals surface area (Å²) in [6.07, 6.45) is 7.04. The van der Waals surface area contributed by atoms with Crippen molar-refractivity contribution in [3.8, 4) is 0 Å². The van der Waals surface area contributed by atoms with Crippen LogP contribution in [0.3, 0.4) is 0 Å². The molecule has 1 aliphatic carbocycles. The number of rotatable bonds is 3. The lowest BCUT2D eigenvalue weighted by molar-refractivity contribution is 0.110. The van der Waals surface area contributed by atoms with Gasteiger partial charge in [-0.15, -0.1) is 0 Å². The largest absolute Gasteiger partial charge is 0.298 e. The van der Waals surface area contributed by atoms with Crippen LogP contribution < -0.4 is 0 Å². The van der Waals surface area contributed by atoms with Crippen LogP contribution in [0.5, 0.6) is 0 Å². The van der Waals surface area contributed by atoms with Gasteiger partial charge in [-0.2, -0.15) is 4.31 Å². The Hall–Kier alpha value is -0.910. The van der Waals surface area contributed by atoms with Gasteiger partial charge in [0, 0.05) is 19.1 Å². The summed E-state index contributed by atoms with van der Waals surface area (Å²) >= 11 is 0. The second kappa shape index (κ2) is 5.62. The molecule has 0 bridgehead atoms. The summed E-state index contributed by atoms with van der Waals surface area (Å²) in [6, 6.07) is 6.20. The molecule has 0 spiro atoms. The molecule has 2 heterocycles. The van der Waals surface area contributed by atoms with Gasteiger partial charge < -0.3 is 0 Å². The summed E-state index contributed by atoms with van der Waals surface area (Å²) in [6.45, 7) is 3.60. The van der Waals surface area contributed by atoms with E-state index in [9.17, 15) is 8.42 Å². The number of fused-ring (bicyclic) bond motifs is 1. The van der Waals surface area contributed by atoms with E-state index in [0.717, 1.165) is 25.9 Å². The molecule has 0 aromatic heterocycles. The van der Waals surface area contributed by atoms with Crippen LogP contribution in [-0.4, -0.2) is 49.8 Å². The molecule has 2 aliphatic heterocycles. The van der Waals surface area contributed by atoms with Crippen molar-refractivity contribution >= 4 is 10.0 Å². The Morgan fingerprint density at radius 1 is 0.909 bits per heavy atom. The van der Waals surface area contributed by atoms with Crippen LogP contribution in [0.2, 0.25) is 0 Å². The van der Waals surface area contributed by atoms with Gasteiger partial charge in [0.15, 0.2) is 0 Å².